The Morgan fingerprint density at radius 1 is 1.14 bits per heavy atom. The minimum Gasteiger partial charge on any atom is -0.407 e. The van der Waals surface area contributed by atoms with Gasteiger partial charge in [0.1, 0.15) is 12.4 Å². The van der Waals surface area contributed by atoms with Gasteiger partial charge in [0.15, 0.2) is 11.3 Å². The molecule has 1 aromatic carbocycles. The Kier molecular flexibility index (Phi) is 7.89. The van der Waals surface area contributed by atoms with Gasteiger partial charge in [-0.2, -0.15) is 0 Å². The number of nitrogens with zero attached hydrogens (tertiary/aromatic N) is 4. The summed E-state index contributed by atoms with van der Waals surface area (Å²) < 4.78 is 7.35. The lowest BCUT2D eigenvalue weighted by atomic mass is 10.2. The summed E-state index contributed by atoms with van der Waals surface area (Å²) in [7, 11) is 0. The first-order valence-corrected chi connectivity index (χ1v) is 11.4. The van der Waals surface area contributed by atoms with Crippen molar-refractivity contribution in [1.29, 1.82) is 0 Å². The maximum Gasteiger partial charge on any atom is 0.420 e. The van der Waals surface area contributed by atoms with E-state index in [2.05, 4.69) is 4.98 Å². The van der Waals surface area contributed by atoms with Crippen LogP contribution in [0.15, 0.2) is 37.0 Å². The van der Waals surface area contributed by atoms with Gasteiger partial charge in [0.25, 0.3) is 11.2 Å². The van der Waals surface area contributed by atoms with Gasteiger partial charge in [-0.1, -0.05) is 33.1 Å². The summed E-state index contributed by atoms with van der Waals surface area (Å²) in [5.74, 6) is -1.63. The van der Waals surface area contributed by atoms with Crippen LogP contribution in [0.3, 0.4) is 0 Å². The van der Waals surface area contributed by atoms with Gasteiger partial charge in [-0.15, -0.1) is 0 Å². The molecule has 0 aliphatic heterocycles. The molecule has 0 saturated heterocycles. The molecule has 188 valence electrons. The molecule has 0 aliphatic rings. The molecule has 0 saturated carbocycles. The number of anilines is 2. The van der Waals surface area contributed by atoms with Crippen LogP contribution in [0.5, 0.6) is 0 Å². The lowest BCUT2D eigenvalue weighted by Crippen LogP contribution is -2.43. The normalized spacial score (nSPS) is 11.1. The largest absolute Gasteiger partial charge is 0.420 e. The smallest absolute Gasteiger partial charge is 0.407 e. The summed E-state index contributed by atoms with van der Waals surface area (Å²) in [6.07, 6.45) is 3.61. The SMILES string of the molecule is CCCCCN(C(=O)Cn1c(=O)oc2cc([N+](=O)[O-])ccc21)c1c(N)n(CCCC)c(=O)[nH]c1=O. The quantitative estimate of drug-likeness (QED) is 0.233. The Morgan fingerprint density at radius 2 is 1.86 bits per heavy atom. The minimum atomic E-state index is -0.878. The van der Waals surface area contributed by atoms with E-state index in [1.807, 2.05) is 13.8 Å². The van der Waals surface area contributed by atoms with Crippen molar-refractivity contribution in [3.8, 4) is 0 Å². The molecule has 3 rings (SSSR count). The van der Waals surface area contributed by atoms with Crippen LogP contribution in [0.4, 0.5) is 17.2 Å². The number of hydrogen-bond donors (Lipinski definition) is 2. The molecule has 2 aromatic heterocycles. The zero-order valence-electron chi connectivity index (χ0n) is 19.6. The second kappa shape index (κ2) is 10.8. The zero-order chi connectivity index (χ0) is 25.7. The molecular formula is C22H28N6O7. The number of nitro groups is 1. The van der Waals surface area contributed by atoms with Gasteiger partial charge in [0.05, 0.1) is 16.5 Å². The molecule has 0 radical (unpaired) electrons. The van der Waals surface area contributed by atoms with Gasteiger partial charge >= 0.3 is 11.4 Å². The van der Waals surface area contributed by atoms with Crippen LogP contribution < -0.4 is 27.6 Å². The Morgan fingerprint density at radius 3 is 2.51 bits per heavy atom. The van der Waals surface area contributed by atoms with E-state index in [-0.39, 0.29) is 41.4 Å². The molecule has 3 N–H and O–H groups in total. The number of oxazole rings is 1. The van der Waals surface area contributed by atoms with Crippen molar-refractivity contribution in [2.45, 2.75) is 59.0 Å². The number of nitro benzene ring substituents is 1. The number of benzene rings is 1. The summed E-state index contributed by atoms with van der Waals surface area (Å²) >= 11 is 0. The number of non-ortho nitro benzene ring substituents is 1. The number of aromatic amines is 1. The third-order valence-corrected chi connectivity index (χ3v) is 5.66. The fourth-order valence-corrected chi connectivity index (χ4v) is 3.80. The number of nitrogens with two attached hydrogens (primary N) is 1. The van der Waals surface area contributed by atoms with Crippen molar-refractivity contribution >= 4 is 34.2 Å². The van der Waals surface area contributed by atoms with Crippen LogP contribution in [0.2, 0.25) is 0 Å². The number of carbonyl (C=O) groups excluding carboxylic acids is 1. The molecule has 0 fully saturated rings. The molecule has 1 amide bonds. The molecule has 13 nitrogen and oxygen atoms in total. The van der Waals surface area contributed by atoms with E-state index in [1.54, 1.807) is 0 Å². The highest BCUT2D eigenvalue weighted by Gasteiger charge is 2.26. The van der Waals surface area contributed by atoms with Gasteiger partial charge in [0.2, 0.25) is 5.91 Å². The average Bonchev–Trinajstić information content (AvgIpc) is 3.11. The first-order valence-electron chi connectivity index (χ1n) is 11.4. The van der Waals surface area contributed by atoms with Crippen LogP contribution >= 0.6 is 0 Å². The first-order chi connectivity index (χ1) is 16.7. The van der Waals surface area contributed by atoms with Crippen LogP contribution in [0, 0.1) is 10.1 Å². The highest BCUT2D eigenvalue weighted by atomic mass is 16.6. The average molecular weight is 489 g/mol. The van der Waals surface area contributed by atoms with Crippen molar-refractivity contribution in [3.63, 3.8) is 0 Å². The third-order valence-electron chi connectivity index (χ3n) is 5.66. The Labute approximate surface area is 198 Å². The first kappa shape index (κ1) is 25.5. The maximum atomic E-state index is 13.4. The summed E-state index contributed by atoms with van der Waals surface area (Å²) in [5.41, 5.74) is 4.47. The Bertz CT molecular complexity index is 1410. The minimum absolute atomic E-state index is 0.0417. The molecule has 0 aliphatic carbocycles. The van der Waals surface area contributed by atoms with Crippen molar-refractivity contribution in [2.24, 2.45) is 0 Å². The number of hydrogen-bond acceptors (Lipinski definition) is 8. The fraction of sp³-hybridized carbons (Fsp3) is 0.455. The van der Waals surface area contributed by atoms with E-state index < -0.39 is 34.4 Å². The topological polar surface area (TPSA) is 179 Å². The fourth-order valence-electron chi connectivity index (χ4n) is 3.80. The van der Waals surface area contributed by atoms with Crippen LogP contribution in [0.1, 0.15) is 46.0 Å². The number of aromatic nitrogens is 3. The van der Waals surface area contributed by atoms with E-state index in [4.69, 9.17) is 10.2 Å². The maximum absolute atomic E-state index is 13.4. The molecule has 0 bridgehead atoms. The molecule has 35 heavy (non-hydrogen) atoms. The van der Waals surface area contributed by atoms with Crippen LogP contribution in [0.25, 0.3) is 11.1 Å². The van der Waals surface area contributed by atoms with Gasteiger partial charge in [-0.3, -0.25) is 33.8 Å². The summed E-state index contributed by atoms with van der Waals surface area (Å²) in [5, 5.41) is 11.0. The molecular weight excluding hydrogens is 460 g/mol. The number of amides is 1. The van der Waals surface area contributed by atoms with Gasteiger partial charge < -0.3 is 15.1 Å². The standard InChI is InChI=1S/C22H28N6O7/c1-3-5-7-11-25(18-19(23)26(10-6-4-2)21(31)24-20(18)30)17(29)13-27-15-9-8-14(28(33)34)12-16(15)35-22(27)32/h8-9,12H,3-7,10-11,13,23H2,1-2H3,(H,24,30,31). The van der Waals surface area contributed by atoms with Crippen molar-refractivity contribution in [3.05, 3.63) is 59.7 Å². The van der Waals surface area contributed by atoms with Crippen LogP contribution in [-0.2, 0) is 17.9 Å². The summed E-state index contributed by atoms with van der Waals surface area (Å²) in [6, 6.07) is 3.62. The van der Waals surface area contributed by atoms with Gasteiger partial charge in [-0.25, -0.2) is 9.59 Å². The number of carbonyl (C=O) groups is 1. The Balaban J connectivity index is 2.05. The van der Waals surface area contributed by atoms with E-state index in [1.165, 1.54) is 21.6 Å². The highest BCUT2D eigenvalue weighted by molar-refractivity contribution is 5.96. The molecule has 3 aromatic rings. The predicted molar refractivity (Wildman–Crippen MR) is 130 cm³/mol. The third kappa shape index (κ3) is 5.34. The lowest BCUT2D eigenvalue weighted by Gasteiger charge is -2.24. The number of nitrogens with one attached hydrogen (secondary N) is 1. The molecule has 0 spiro atoms. The van der Waals surface area contributed by atoms with Crippen molar-refractivity contribution in [2.75, 3.05) is 17.2 Å². The molecule has 0 unspecified atom stereocenters. The number of unbranched alkanes of at least 4 members (excludes halogenated alkanes) is 3. The second-order valence-electron chi connectivity index (χ2n) is 8.11. The van der Waals surface area contributed by atoms with Gasteiger partial charge in [0, 0.05) is 19.2 Å². The zero-order valence-corrected chi connectivity index (χ0v) is 19.6. The molecule has 13 heteroatoms. The van der Waals surface area contributed by atoms with Crippen molar-refractivity contribution < 1.29 is 14.1 Å². The second-order valence-corrected chi connectivity index (χ2v) is 8.11. The number of fused-ring (bicyclic) bond motifs is 1. The Hall–Kier alpha value is -4.16. The highest BCUT2D eigenvalue weighted by Crippen LogP contribution is 2.22. The van der Waals surface area contributed by atoms with Gasteiger partial charge in [-0.05, 0) is 18.9 Å². The number of nitrogen functional groups attached to an aromatic ring is 1. The van der Waals surface area contributed by atoms with E-state index in [0.717, 1.165) is 29.9 Å². The molecule has 2 heterocycles. The summed E-state index contributed by atoms with van der Waals surface area (Å²) in [6.45, 7) is 3.84. The van der Waals surface area contributed by atoms with E-state index >= 15 is 0 Å². The van der Waals surface area contributed by atoms with E-state index in [9.17, 15) is 29.3 Å². The number of H-pyrrole nitrogens is 1. The predicted octanol–water partition coefficient (Wildman–Crippen LogP) is 1.96. The molecule has 0 atom stereocenters. The summed E-state index contributed by atoms with van der Waals surface area (Å²) in [4.78, 5) is 64.7. The van der Waals surface area contributed by atoms with Crippen molar-refractivity contribution in [1.82, 2.24) is 14.1 Å². The van der Waals surface area contributed by atoms with Crippen LogP contribution in [-0.4, -0.2) is 31.5 Å². The van der Waals surface area contributed by atoms with E-state index in [0.29, 0.717) is 12.8 Å². The monoisotopic (exact) mass is 488 g/mol. The number of rotatable bonds is 11. The lowest BCUT2D eigenvalue weighted by molar-refractivity contribution is -0.384.